The van der Waals surface area contributed by atoms with Crippen molar-refractivity contribution < 1.29 is 18.3 Å². The predicted octanol–water partition coefficient (Wildman–Crippen LogP) is 1.36. The highest BCUT2D eigenvalue weighted by Gasteiger charge is 2.43. The van der Waals surface area contributed by atoms with Crippen LogP contribution in [0.25, 0.3) is 0 Å². The zero-order chi connectivity index (χ0) is 20.8. The van der Waals surface area contributed by atoms with Gasteiger partial charge in [0.1, 0.15) is 0 Å². The standard InChI is InChI=1S/C20H26N4O4S/c1-22(29(2,27)28)17-5-3-14(4-6-17)20(26)24-11-15-9-18(23-8-7-21-13-23)19(25)10-16(15)12-24/h3-8,13,15-16,18-19,25H,9-12H2,1-2H3/t15-,16+,18-,19-/m1/s1. The van der Waals surface area contributed by atoms with E-state index >= 15 is 0 Å². The van der Waals surface area contributed by atoms with Gasteiger partial charge in [0.05, 0.1) is 30.4 Å². The molecule has 0 unspecified atom stereocenters. The number of aliphatic hydroxyl groups excluding tert-OH is 1. The van der Waals surface area contributed by atoms with Crippen LogP contribution in [0.3, 0.4) is 0 Å². The summed E-state index contributed by atoms with van der Waals surface area (Å²) in [5.41, 5.74) is 1.06. The fourth-order valence-corrected chi connectivity index (χ4v) is 5.05. The Kier molecular flexibility index (Phi) is 5.12. The van der Waals surface area contributed by atoms with Crippen molar-refractivity contribution in [2.45, 2.75) is 25.0 Å². The number of rotatable bonds is 4. The average molecular weight is 419 g/mol. The molecule has 1 amide bonds. The van der Waals surface area contributed by atoms with E-state index in [2.05, 4.69) is 4.98 Å². The van der Waals surface area contributed by atoms with E-state index in [0.29, 0.717) is 42.6 Å². The molecule has 1 aromatic carbocycles. The lowest BCUT2D eigenvalue weighted by Crippen LogP contribution is -2.35. The van der Waals surface area contributed by atoms with E-state index in [-0.39, 0.29) is 11.9 Å². The number of likely N-dealkylation sites (tertiary alicyclic amines) is 1. The first-order valence-electron chi connectivity index (χ1n) is 9.73. The smallest absolute Gasteiger partial charge is 0.253 e. The van der Waals surface area contributed by atoms with Crippen molar-refractivity contribution in [3.63, 3.8) is 0 Å². The summed E-state index contributed by atoms with van der Waals surface area (Å²) < 4.78 is 26.5. The number of anilines is 1. The Morgan fingerprint density at radius 1 is 1.17 bits per heavy atom. The number of amides is 1. The number of carbonyl (C=O) groups excluding carboxylic acids is 1. The number of fused-ring (bicyclic) bond motifs is 1. The number of sulfonamides is 1. The molecule has 9 heteroatoms. The average Bonchev–Trinajstić information content (AvgIpc) is 3.35. The van der Waals surface area contributed by atoms with Crippen molar-refractivity contribution in [2.24, 2.45) is 11.8 Å². The van der Waals surface area contributed by atoms with E-state index in [1.807, 2.05) is 15.7 Å². The van der Waals surface area contributed by atoms with Crippen LogP contribution in [0, 0.1) is 11.8 Å². The fraction of sp³-hybridized carbons (Fsp3) is 0.500. The minimum absolute atomic E-state index is 0.000356. The molecule has 1 N–H and O–H groups in total. The fourth-order valence-electron chi connectivity index (χ4n) is 4.55. The van der Waals surface area contributed by atoms with Gasteiger partial charge in [0.2, 0.25) is 10.0 Å². The SMILES string of the molecule is CN(c1ccc(C(=O)N2C[C@H]3C[C@@H](n4ccnc4)[C@H](O)C[C@H]3C2)cc1)S(C)(=O)=O. The number of hydrogen-bond donors (Lipinski definition) is 1. The van der Waals surface area contributed by atoms with E-state index in [4.69, 9.17) is 0 Å². The lowest BCUT2D eigenvalue weighted by molar-refractivity contribution is 0.0357. The zero-order valence-electron chi connectivity index (χ0n) is 16.5. The molecule has 156 valence electrons. The van der Waals surface area contributed by atoms with Crippen molar-refractivity contribution in [3.8, 4) is 0 Å². The molecule has 4 rings (SSSR count). The third-order valence-electron chi connectivity index (χ3n) is 6.28. The second-order valence-corrected chi connectivity index (χ2v) is 10.1. The van der Waals surface area contributed by atoms with Crippen molar-refractivity contribution in [1.82, 2.24) is 14.5 Å². The quantitative estimate of drug-likeness (QED) is 0.809. The molecule has 1 aromatic heterocycles. The summed E-state index contributed by atoms with van der Waals surface area (Å²) in [6.07, 6.45) is 7.53. The molecule has 4 atom stereocenters. The van der Waals surface area contributed by atoms with Crippen LogP contribution in [0.2, 0.25) is 0 Å². The van der Waals surface area contributed by atoms with Gasteiger partial charge in [-0.1, -0.05) is 0 Å². The summed E-state index contributed by atoms with van der Waals surface area (Å²) in [5.74, 6) is 0.594. The molecule has 2 fully saturated rings. The van der Waals surface area contributed by atoms with Gasteiger partial charge in [-0.3, -0.25) is 9.10 Å². The topological polar surface area (TPSA) is 95.7 Å². The Hall–Kier alpha value is -2.39. The summed E-state index contributed by atoms with van der Waals surface area (Å²) in [6.45, 7) is 1.31. The van der Waals surface area contributed by atoms with E-state index in [1.165, 1.54) is 11.4 Å². The van der Waals surface area contributed by atoms with Crippen LogP contribution in [0.1, 0.15) is 29.2 Å². The molecule has 1 saturated carbocycles. The zero-order valence-corrected chi connectivity index (χ0v) is 17.4. The predicted molar refractivity (Wildman–Crippen MR) is 109 cm³/mol. The maximum atomic E-state index is 13.0. The first kappa shape index (κ1) is 19.9. The molecule has 0 spiro atoms. The summed E-state index contributed by atoms with van der Waals surface area (Å²) in [5, 5.41) is 10.6. The lowest BCUT2D eigenvalue weighted by Gasteiger charge is -2.35. The lowest BCUT2D eigenvalue weighted by atomic mass is 9.77. The Morgan fingerprint density at radius 3 is 2.41 bits per heavy atom. The number of carbonyl (C=O) groups is 1. The maximum Gasteiger partial charge on any atom is 0.253 e. The molecule has 2 aromatic rings. The van der Waals surface area contributed by atoms with Crippen molar-refractivity contribution in [1.29, 1.82) is 0 Å². The minimum atomic E-state index is -3.34. The van der Waals surface area contributed by atoms with Gasteiger partial charge in [-0.25, -0.2) is 13.4 Å². The number of imidazole rings is 1. The second-order valence-electron chi connectivity index (χ2n) is 8.12. The monoisotopic (exact) mass is 418 g/mol. The van der Waals surface area contributed by atoms with Gasteiger partial charge in [-0.05, 0) is 48.9 Å². The molecule has 0 bridgehead atoms. The third-order valence-corrected chi connectivity index (χ3v) is 7.49. The molecule has 1 aliphatic heterocycles. The van der Waals surface area contributed by atoms with Gasteiger partial charge in [-0.2, -0.15) is 0 Å². The molecular formula is C20H26N4O4S. The molecule has 2 aliphatic rings. The highest BCUT2D eigenvalue weighted by atomic mass is 32.2. The van der Waals surface area contributed by atoms with Crippen molar-refractivity contribution >= 4 is 21.6 Å². The van der Waals surface area contributed by atoms with Gasteiger partial charge in [-0.15, -0.1) is 0 Å². The van der Waals surface area contributed by atoms with Gasteiger partial charge in [0, 0.05) is 38.1 Å². The Bertz CT molecular complexity index is 974. The molecular weight excluding hydrogens is 392 g/mol. The maximum absolute atomic E-state index is 13.0. The Morgan fingerprint density at radius 2 is 1.83 bits per heavy atom. The van der Waals surface area contributed by atoms with E-state index < -0.39 is 16.1 Å². The largest absolute Gasteiger partial charge is 0.391 e. The first-order chi connectivity index (χ1) is 13.7. The normalized spacial score (nSPS) is 26.9. The summed E-state index contributed by atoms with van der Waals surface area (Å²) in [7, 11) is -1.85. The summed E-state index contributed by atoms with van der Waals surface area (Å²) in [4.78, 5) is 18.9. The van der Waals surface area contributed by atoms with E-state index in [0.717, 1.165) is 12.7 Å². The van der Waals surface area contributed by atoms with Gasteiger partial charge < -0.3 is 14.6 Å². The van der Waals surface area contributed by atoms with Crippen LogP contribution in [-0.4, -0.2) is 66.4 Å². The van der Waals surface area contributed by atoms with Crippen molar-refractivity contribution in [3.05, 3.63) is 48.5 Å². The van der Waals surface area contributed by atoms with Crippen LogP contribution in [-0.2, 0) is 10.0 Å². The molecule has 0 radical (unpaired) electrons. The van der Waals surface area contributed by atoms with Crippen molar-refractivity contribution in [2.75, 3.05) is 30.7 Å². The van der Waals surface area contributed by atoms with E-state index in [1.54, 1.807) is 36.8 Å². The van der Waals surface area contributed by atoms with Crippen LogP contribution < -0.4 is 4.31 Å². The number of nitrogens with zero attached hydrogens (tertiary/aromatic N) is 4. The van der Waals surface area contributed by atoms with E-state index in [9.17, 15) is 18.3 Å². The van der Waals surface area contributed by atoms with Crippen LogP contribution in [0.5, 0.6) is 0 Å². The molecule has 8 nitrogen and oxygen atoms in total. The highest BCUT2D eigenvalue weighted by Crippen LogP contribution is 2.41. The Labute approximate surface area is 170 Å². The van der Waals surface area contributed by atoms with Gasteiger partial charge in [0.25, 0.3) is 5.91 Å². The Balaban J connectivity index is 1.45. The number of aromatic nitrogens is 2. The second kappa shape index (κ2) is 7.46. The summed E-state index contributed by atoms with van der Waals surface area (Å²) in [6, 6.07) is 6.64. The van der Waals surface area contributed by atoms with Gasteiger partial charge in [0.15, 0.2) is 0 Å². The van der Waals surface area contributed by atoms with Gasteiger partial charge >= 0.3 is 0 Å². The molecule has 1 aliphatic carbocycles. The number of hydrogen-bond acceptors (Lipinski definition) is 5. The number of aliphatic hydroxyl groups is 1. The van der Waals surface area contributed by atoms with Crippen LogP contribution >= 0.6 is 0 Å². The van der Waals surface area contributed by atoms with Crippen LogP contribution in [0.15, 0.2) is 43.0 Å². The minimum Gasteiger partial charge on any atom is -0.391 e. The molecule has 1 saturated heterocycles. The highest BCUT2D eigenvalue weighted by molar-refractivity contribution is 7.92. The number of benzene rings is 1. The molecule has 29 heavy (non-hydrogen) atoms. The first-order valence-corrected chi connectivity index (χ1v) is 11.6. The summed E-state index contributed by atoms with van der Waals surface area (Å²) >= 11 is 0. The van der Waals surface area contributed by atoms with Crippen LogP contribution in [0.4, 0.5) is 5.69 Å². The molecule has 2 heterocycles. The third kappa shape index (κ3) is 3.89.